The Morgan fingerprint density at radius 3 is 2.77 bits per heavy atom. The smallest absolute Gasteiger partial charge is 0.244 e. The fourth-order valence-corrected chi connectivity index (χ4v) is 3.71. The normalized spacial score (nSPS) is 23.3. The van der Waals surface area contributed by atoms with Gasteiger partial charge in [-0.3, -0.25) is 4.90 Å². The van der Waals surface area contributed by atoms with Crippen LogP contribution in [0.15, 0.2) is 9.90 Å². The van der Waals surface area contributed by atoms with E-state index in [1.54, 1.807) is 18.3 Å². The van der Waals surface area contributed by atoms with Crippen molar-refractivity contribution in [3.8, 4) is 0 Å². The van der Waals surface area contributed by atoms with Crippen LogP contribution in [0.25, 0.3) is 0 Å². The molecule has 1 fully saturated rings. The van der Waals surface area contributed by atoms with E-state index in [-0.39, 0.29) is 17.6 Å². The molecule has 0 radical (unpaired) electrons. The van der Waals surface area contributed by atoms with Gasteiger partial charge in [-0.2, -0.15) is 4.98 Å². The highest BCUT2D eigenvalue weighted by Gasteiger charge is 2.36. The van der Waals surface area contributed by atoms with Crippen molar-refractivity contribution in [2.24, 2.45) is 0 Å². The quantitative estimate of drug-likeness (QED) is 0.935. The molecule has 0 amide bonds. The van der Waals surface area contributed by atoms with E-state index in [1.165, 1.54) is 0 Å². The number of likely N-dealkylation sites (tertiary alicyclic amines) is 1. The Morgan fingerprint density at radius 1 is 1.41 bits per heavy atom. The minimum atomic E-state index is -0.362. The first-order valence-corrected chi connectivity index (χ1v) is 8.38. The molecule has 1 aliphatic heterocycles. The summed E-state index contributed by atoms with van der Waals surface area (Å²) in [4.78, 5) is 11.2. The third kappa shape index (κ3) is 3.21. The summed E-state index contributed by atoms with van der Waals surface area (Å²) < 4.78 is 5.29. The molecule has 2 atom stereocenters. The van der Waals surface area contributed by atoms with Gasteiger partial charge in [0.2, 0.25) is 5.89 Å². The molecule has 2 aromatic heterocycles. The minimum absolute atomic E-state index is 0.0295. The van der Waals surface area contributed by atoms with Gasteiger partial charge in [0.25, 0.3) is 0 Å². The Balaban J connectivity index is 1.76. The monoisotopic (exact) mass is 322 g/mol. The number of hydrogen-bond acceptors (Lipinski definition) is 7. The molecule has 0 bridgehead atoms. The largest absolute Gasteiger partial charge is 0.392 e. The van der Waals surface area contributed by atoms with Gasteiger partial charge >= 0.3 is 0 Å². The molecule has 0 aliphatic carbocycles. The Kier molecular flexibility index (Phi) is 4.05. The Hall–Kier alpha value is -1.31. The van der Waals surface area contributed by atoms with Gasteiger partial charge in [0, 0.05) is 17.3 Å². The molecule has 0 saturated carbocycles. The predicted molar refractivity (Wildman–Crippen MR) is 83.6 cm³/mol. The van der Waals surface area contributed by atoms with Crippen molar-refractivity contribution in [3.63, 3.8) is 0 Å². The molecule has 22 heavy (non-hydrogen) atoms. The highest BCUT2D eigenvalue weighted by Crippen LogP contribution is 2.33. The van der Waals surface area contributed by atoms with E-state index in [0.29, 0.717) is 31.2 Å². The third-order valence-corrected chi connectivity index (χ3v) is 4.70. The van der Waals surface area contributed by atoms with Gasteiger partial charge in [0.15, 0.2) is 5.82 Å². The third-order valence-electron chi connectivity index (χ3n) is 3.87. The van der Waals surface area contributed by atoms with Crippen LogP contribution in [-0.2, 0) is 12.0 Å². The predicted octanol–water partition coefficient (Wildman–Crippen LogP) is 2.44. The van der Waals surface area contributed by atoms with Crippen LogP contribution in [0.2, 0.25) is 0 Å². The summed E-state index contributed by atoms with van der Waals surface area (Å²) in [7, 11) is 0. The summed E-state index contributed by atoms with van der Waals surface area (Å²) >= 11 is 1.67. The fourth-order valence-electron chi connectivity index (χ4n) is 2.66. The van der Waals surface area contributed by atoms with Gasteiger partial charge < -0.3 is 9.63 Å². The van der Waals surface area contributed by atoms with Crippen molar-refractivity contribution < 1.29 is 9.63 Å². The Morgan fingerprint density at radius 2 is 2.18 bits per heavy atom. The van der Waals surface area contributed by atoms with E-state index in [9.17, 15) is 5.11 Å². The van der Waals surface area contributed by atoms with Gasteiger partial charge in [-0.1, -0.05) is 25.9 Å². The lowest BCUT2D eigenvalue weighted by Gasteiger charge is -2.20. The van der Waals surface area contributed by atoms with Crippen LogP contribution in [0.4, 0.5) is 0 Å². The maximum Gasteiger partial charge on any atom is 0.244 e. The maximum absolute atomic E-state index is 10.0. The number of aromatic nitrogens is 3. The molecule has 1 aliphatic rings. The molecule has 120 valence electrons. The van der Waals surface area contributed by atoms with Crippen LogP contribution in [0.5, 0.6) is 0 Å². The van der Waals surface area contributed by atoms with E-state index in [4.69, 9.17) is 9.51 Å². The van der Waals surface area contributed by atoms with Crippen LogP contribution in [-0.4, -0.2) is 37.8 Å². The van der Waals surface area contributed by atoms with Crippen LogP contribution in [0, 0.1) is 6.92 Å². The first kappa shape index (κ1) is 15.6. The number of aliphatic hydroxyl groups excluding tert-OH is 1. The zero-order valence-electron chi connectivity index (χ0n) is 13.4. The zero-order chi connectivity index (χ0) is 15.9. The summed E-state index contributed by atoms with van der Waals surface area (Å²) in [5, 5.41) is 17.0. The average molecular weight is 322 g/mol. The highest BCUT2D eigenvalue weighted by molar-refractivity contribution is 7.09. The lowest BCUT2D eigenvalue weighted by atomic mass is 9.93. The fraction of sp³-hybridized carbons (Fsp3) is 0.667. The molecule has 3 heterocycles. The van der Waals surface area contributed by atoms with Crippen molar-refractivity contribution in [1.29, 1.82) is 0 Å². The summed E-state index contributed by atoms with van der Waals surface area (Å²) in [6.45, 7) is 9.60. The molecular formula is C15H22N4O2S. The van der Waals surface area contributed by atoms with Crippen molar-refractivity contribution in [1.82, 2.24) is 20.0 Å². The van der Waals surface area contributed by atoms with Gasteiger partial charge in [0.05, 0.1) is 24.4 Å². The minimum Gasteiger partial charge on any atom is -0.392 e. The van der Waals surface area contributed by atoms with Gasteiger partial charge in [-0.25, -0.2) is 4.98 Å². The first-order valence-electron chi connectivity index (χ1n) is 7.50. The van der Waals surface area contributed by atoms with Crippen molar-refractivity contribution >= 4 is 11.3 Å². The second-order valence-corrected chi connectivity index (χ2v) is 7.83. The highest BCUT2D eigenvalue weighted by atomic mass is 32.1. The molecule has 6 nitrogen and oxygen atoms in total. The van der Waals surface area contributed by atoms with E-state index < -0.39 is 0 Å². The van der Waals surface area contributed by atoms with Gasteiger partial charge in [-0.15, -0.1) is 11.3 Å². The number of aryl methyl sites for hydroxylation is 1. The van der Waals surface area contributed by atoms with Gasteiger partial charge in [0.1, 0.15) is 5.01 Å². The molecule has 3 rings (SSSR count). The number of β-amino-alcohol motifs (C(OH)–C–C–N with tert-alkyl or cyclic N) is 1. The van der Waals surface area contributed by atoms with Crippen molar-refractivity contribution in [3.05, 3.63) is 27.8 Å². The number of hydrogen-bond donors (Lipinski definition) is 1. The lowest BCUT2D eigenvalue weighted by Crippen LogP contribution is -2.24. The molecule has 0 unspecified atom stereocenters. The maximum atomic E-state index is 10.0. The van der Waals surface area contributed by atoms with Crippen molar-refractivity contribution in [2.75, 3.05) is 6.54 Å². The summed E-state index contributed by atoms with van der Waals surface area (Å²) in [6.07, 6.45) is 0.262. The Bertz CT molecular complexity index is 646. The zero-order valence-corrected chi connectivity index (χ0v) is 14.2. The molecule has 1 saturated heterocycles. The number of thiazole rings is 1. The summed E-state index contributed by atoms with van der Waals surface area (Å²) in [5.41, 5.74) is 1.17. The summed E-state index contributed by atoms with van der Waals surface area (Å²) in [6, 6.07) is -0.0295. The van der Waals surface area contributed by atoms with E-state index in [2.05, 4.69) is 41.2 Å². The first-order chi connectivity index (χ1) is 10.3. The number of nitrogens with zero attached hydrogens (tertiary/aromatic N) is 4. The second-order valence-electron chi connectivity index (χ2n) is 6.89. The van der Waals surface area contributed by atoms with E-state index in [0.717, 1.165) is 10.7 Å². The van der Waals surface area contributed by atoms with Crippen LogP contribution in [0.3, 0.4) is 0 Å². The lowest BCUT2D eigenvalue weighted by molar-refractivity contribution is 0.169. The molecular weight excluding hydrogens is 300 g/mol. The van der Waals surface area contributed by atoms with Crippen molar-refractivity contribution in [2.45, 2.75) is 58.2 Å². The van der Waals surface area contributed by atoms with Crippen LogP contribution < -0.4 is 0 Å². The van der Waals surface area contributed by atoms with Gasteiger partial charge in [-0.05, 0) is 13.3 Å². The van der Waals surface area contributed by atoms with E-state index >= 15 is 0 Å². The molecule has 2 aromatic rings. The average Bonchev–Trinajstić information content (AvgIpc) is 3.09. The van der Waals surface area contributed by atoms with Crippen LogP contribution >= 0.6 is 11.3 Å². The van der Waals surface area contributed by atoms with E-state index in [1.807, 2.05) is 0 Å². The molecule has 7 heteroatoms. The number of aliphatic hydroxyl groups is 1. The molecule has 0 aromatic carbocycles. The SMILES string of the molecule is Cc1noc([C@H]2C[C@@H](O)CN2Cc2nc(C(C)(C)C)cs2)n1. The summed E-state index contributed by atoms with van der Waals surface area (Å²) in [5.74, 6) is 1.21. The Labute approximate surface area is 134 Å². The molecule has 1 N–H and O–H groups in total. The number of rotatable bonds is 3. The standard InChI is InChI=1S/C15H22N4O2S/c1-9-16-14(21-18-9)11-5-10(20)6-19(11)7-13-17-12(8-22-13)15(2,3)4/h8,10-11,20H,5-7H2,1-4H3/t10-,11-/m1/s1. The second kappa shape index (κ2) is 5.72. The van der Waals surface area contributed by atoms with Crippen LogP contribution in [0.1, 0.15) is 55.7 Å². The molecule has 0 spiro atoms. The topological polar surface area (TPSA) is 75.3 Å².